The fourth-order valence-electron chi connectivity index (χ4n) is 4.10. The van der Waals surface area contributed by atoms with Crippen molar-refractivity contribution in [3.05, 3.63) is 11.8 Å². The Morgan fingerprint density at radius 3 is 2.73 bits per heavy atom. The molecule has 1 spiro atoms. The van der Waals surface area contributed by atoms with E-state index in [4.69, 9.17) is 0 Å². The van der Waals surface area contributed by atoms with E-state index in [1.807, 2.05) is 4.90 Å². The van der Waals surface area contributed by atoms with Gasteiger partial charge >= 0.3 is 6.61 Å². The third kappa shape index (κ3) is 2.01. The van der Waals surface area contributed by atoms with E-state index in [1.165, 1.54) is 49.9 Å². The molecule has 3 fully saturated rings. The molecule has 1 atom stereocenters. The second kappa shape index (κ2) is 4.67. The lowest BCUT2D eigenvalue weighted by Crippen LogP contribution is -2.69. The molecule has 1 aliphatic heterocycles. The van der Waals surface area contributed by atoms with Gasteiger partial charge in [0.25, 0.3) is 5.91 Å². The number of carbonyl (C=O) groups excluding carboxylic acids is 1. The van der Waals surface area contributed by atoms with E-state index in [0.717, 1.165) is 6.54 Å². The van der Waals surface area contributed by atoms with E-state index < -0.39 is 6.61 Å². The standard InChI is InChI=1S/C15H19F2N3O2/c1-19-11(22-14(16)17)7-10(18-19)13(21)20-8-15(5-2-6-15)12(20)9-3-4-9/h7,9,12,14H,2-6,8H2,1H3/t12-/m0/s1. The molecular weight excluding hydrogens is 292 g/mol. The smallest absolute Gasteiger partial charge is 0.388 e. The third-order valence-electron chi connectivity index (χ3n) is 5.39. The number of likely N-dealkylation sites (tertiary alicyclic amines) is 1. The van der Waals surface area contributed by atoms with Crippen LogP contribution in [0.5, 0.6) is 5.88 Å². The number of ether oxygens (including phenoxy) is 1. The monoisotopic (exact) mass is 311 g/mol. The van der Waals surface area contributed by atoms with Crippen molar-refractivity contribution in [2.45, 2.75) is 44.8 Å². The van der Waals surface area contributed by atoms with E-state index in [2.05, 4.69) is 9.84 Å². The molecule has 0 N–H and O–H groups in total. The largest absolute Gasteiger partial charge is 0.417 e. The minimum absolute atomic E-state index is 0.0831. The summed E-state index contributed by atoms with van der Waals surface area (Å²) in [7, 11) is 1.50. The zero-order valence-corrected chi connectivity index (χ0v) is 12.5. The van der Waals surface area contributed by atoms with Crippen molar-refractivity contribution >= 4 is 5.91 Å². The van der Waals surface area contributed by atoms with Crippen molar-refractivity contribution in [2.24, 2.45) is 18.4 Å². The van der Waals surface area contributed by atoms with Gasteiger partial charge in [-0.2, -0.15) is 13.9 Å². The highest BCUT2D eigenvalue weighted by Crippen LogP contribution is 2.59. The predicted octanol–water partition coefficient (Wildman–Crippen LogP) is 2.43. The molecule has 4 rings (SSSR count). The molecule has 0 aromatic carbocycles. The van der Waals surface area contributed by atoms with E-state index in [0.29, 0.717) is 17.4 Å². The van der Waals surface area contributed by atoms with Crippen LogP contribution in [0.3, 0.4) is 0 Å². The molecule has 1 amide bonds. The van der Waals surface area contributed by atoms with Crippen LogP contribution in [0.4, 0.5) is 8.78 Å². The number of halogens is 2. The van der Waals surface area contributed by atoms with E-state index >= 15 is 0 Å². The molecular formula is C15H19F2N3O2. The first-order valence-corrected chi connectivity index (χ1v) is 7.80. The Hall–Kier alpha value is -1.66. The fourth-order valence-corrected chi connectivity index (χ4v) is 4.10. The van der Waals surface area contributed by atoms with Crippen LogP contribution in [0.15, 0.2) is 6.07 Å². The molecule has 2 saturated carbocycles. The molecule has 0 unspecified atom stereocenters. The lowest BCUT2D eigenvalue weighted by Gasteiger charge is -2.62. The van der Waals surface area contributed by atoms with Gasteiger partial charge in [-0.25, -0.2) is 4.68 Å². The van der Waals surface area contributed by atoms with Gasteiger partial charge in [-0.3, -0.25) is 4.79 Å². The zero-order chi connectivity index (χ0) is 15.5. The van der Waals surface area contributed by atoms with E-state index in [1.54, 1.807) is 0 Å². The van der Waals surface area contributed by atoms with Crippen LogP contribution in [0.1, 0.15) is 42.6 Å². The first-order valence-electron chi connectivity index (χ1n) is 7.80. The maximum atomic E-state index is 12.7. The predicted molar refractivity (Wildman–Crippen MR) is 73.7 cm³/mol. The van der Waals surface area contributed by atoms with E-state index in [9.17, 15) is 13.6 Å². The number of hydrogen-bond donors (Lipinski definition) is 0. The SMILES string of the molecule is Cn1nc(C(=O)N2CC3(CCC3)[C@@H]2C2CC2)cc1OC(F)F. The molecule has 1 aromatic rings. The maximum Gasteiger partial charge on any atom is 0.388 e. The number of aromatic nitrogens is 2. The van der Waals surface area contributed by atoms with Gasteiger partial charge in [-0.05, 0) is 31.6 Å². The number of hydrogen-bond acceptors (Lipinski definition) is 3. The number of carbonyl (C=O) groups is 1. The summed E-state index contributed by atoms with van der Waals surface area (Å²) in [6.45, 7) is -2.13. The third-order valence-corrected chi connectivity index (χ3v) is 5.39. The summed E-state index contributed by atoms with van der Waals surface area (Å²) in [6, 6.07) is 1.64. The lowest BCUT2D eigenvalue weighted by atomic mass is 9.56. The summed E-state index contributed by atoms with van der Waals surface area (Å²) >= 11 is 0. The van der Waals surface area contributed by atoms with Crippen molar-refractivity contribution in [3.8, 4) is 5.88 Å². The van der Waals surface area contributed by atoms with Crippen LogP contribution in [-0.2, 0) is 7.05 Å². The number of nitrogens with zero attached hydrogens (tertiary/aromatic N) is 3. The van der Waals surface area contributed by atoms with Crippen LogP contribution in [0.2, 0.25) is 0 Å². The van der Waals surface area contributed by atoms with Gasteiger partial charge < -0.3 is 9.64 Å². The summed E-state index contributed by atoms with van der Waals surface area (Å²) < 4.78 is 30.2. The average molecular weight is 311 g/mol. The van der Waals surface area contributed by atoms with Gasteiger partial charge in [0.1, 0.15) is 0 Å². The van der Waals surface area contributed by atoms with Gasteiger partial charge in [0.15, 0.2) is 5.69 Å². The Morgan fingerprint density at radius 2 is 2.18 bits per heavy atom. The Balaban J connectivity index is 1.52. The molecule has 1 aromatic heterocycles. The van der Waals surface area contributed by atoms with Crippen LogP contribution >= 0.6 is 0 Å². The van der Waals surface area contributed by atoms with Crippen molar-refractivity contribution in [3.63, 3.8) is 0 Å². The molecule has 0 radical (unpaired) electrons. The van der Waals surface area contributed by atoms with Crippen molar-refractivity contribution in [2.75, 3.05) is 6.54 Å². The summed E-state index contributed by atoms with van der Waals surface area (Å²) in [5.41, 5.74) is 0.534. The number of amides is 1. The van der Waals surface area contributed by atoms with Crippen LogP contribution < -0.4 is 4.74 Å². The van der Waals surface area contributed by atoms with Gasteiger partial charge in [0, 0.05) is 31.1 Å². The summed E-state index contributed by atoms with van der Waals surface area (Å²) in [4.78, 5) is 14.5. The molecule has 22 heavy (non-hydrogen) atoms. The maximum absolute atomic E-state index is 12.7. The van der Waals surface area contributed by atoms with Gasteiger partial charge in [-0.1, -0.05) is 6.42 Å². The molecule has 0 bridgehead atoms. The Morgan fingerprint density at radius 1 is 1.45 bits per heavy atom. The fraction of sp³-hybridized carbons (Fsp3) is 0.733. The topological polar surface area (TPSA) is 47.4 Å². The highest BCUT2D eigenvalue weighted by molar-refractivity contribution is 5.93. The normalized spacial score (nSPS) is 26.0. The number of alkyl halides is 2. The molecule has 120 valence electrons. The summed E-state index contributed by atoms with van der Waals surface area (Å²) in [5.74, 6) is 0.382. The first kappa shape index (κ1) is 14.0. The lowest BCUT2D eigenvalue weighted by molar-refractivity contribution is -0.111. The average Bonchev–Trinajstić information content (AvgIpc) is 3.11. The first-order chi connectivity index (χ1) is 10.5. The van der Waals surface area contributed by atoms with Gasteiger partial charge in [0.2, 0.25) is 5.88 Å². The Bertz CT molecular complexity index is 608. The number of aryl methyl sites for hydroxylation is 1. The van der Waals surface area contributed by atoms with Crippen molar-refractivity contribution in [1.29, 1.82) is 0 Å². The Kier molecular flexibility index (Phi) is 2.96. The van der Waals surface area contributed by atoms with E-state index in [-0.39, 0.29) is 17.5 Å². The summed E-state index contributed by atoms with van der Waals surface area (Å²) in [5, 5.41) is 4.04. The zero-order valence-electron chi connectivity index (χ0n) is 12.5. The Labute approximate surface area is 127 Å². The minimum Gasteiger partial charge on any atom is -0.417 e. The second-order valence-electron chi connectivity index (χ2n) is 6.80. The van der Waals surface area contributed by atoms with Crippen LogP contribution in [-0.4, -0.2) is 39.8 Å². The molecule has 3 aliphatic rings. The second-order valence-corrected chi connectivity index (χ2v) is 6.80. The highest BCUT2D eigenvalue weighted by Gasteiger charge is 2.61. The molecule has 2 heterocycles. The highest BCUT2D eigenvalue weighted by atomic mass is 19.3. The van der Waals surface area contributed by atoms with Crippen molar-refractivity contribution < 1.29 is 18.3 Å². The molecule has 2 aliphatic carbocycles. The molecule has 1 saturated heterocycles. The van der Waals surface area contributed by atoms with Gasteiger partial charge in [-0.15, -0.1) is 0 Å². The number of rotatable bonds is 4. The summed E-state index contributed by atoms with van der Waals surface area (Å²) in [6.07, 6.45) is 6.05. The molecule has 7 heteroatoms. The van der Waals surface area contributed by atoms with Crippen molar-refractivity contribution in [1.82, 2.24) is 14.7 Å². The quantitative estimate of drug-likeness (QED) is 0.858. The van der Waals surface area contributed by atoms with Crippen LogP contribution in [0, 0.1) is 11.3 Å². The van der Waals surface area contributed by atoms with Gasteiger partial charge in [0.05, 0.1) is 0 Å². The molecule has 5 nitrogen and oxygen atoms in total. The van der Waals surface area contributed by atoms with Crippen LogP contribution in [0.25, 0.3) is 0 Å². The minimum atomic E-state index is -2.92.